The number of hydrogen-bond acceptors (Lipinski definition) is 10. The van der Waals surface area contributed by atoms with Crippen molar-refractivity contribution in [1.82, 2.24) is 0 Å². The van der Waals surface area contributed by atoms with Crippen LogP contribution in [0.5, 0.6) is 0 Å². The summed E-state index contributed by atoms with van der Waals surface area (Å²) in [6, 6.07) is 17.5. The summed E-state index contributed by atoms with van der Waals surface area (Å²) in [5, 5.41) is 1.37. The van der Waals surface area contributed by atoms with Gasteiger partial charge in [0.25, 0.3) is 40.5 Å². The van der Waals surface area contributed by atoms with Crippen LogP contribution in [0, 0.1) is 0 Å². The van der Waals surface area contributed by atoms with E-state index in [9.17, 15) is 33.7 Å². The van der Waals surface area contributed by atoms with Gasteiger partial charge in [-0.15, -0.1) is 0 Å². The Bertz CT molecular complexity index is 1830. The first-order valence-corrected chi connectivity index (χ1v) is 15.8. The molecule has 0 saturated heterocycles. The van der Waals surface area contributed by atoms with E-state index in [1.807, 2.05) is 0 Å². The van der Waals surface area contributed by atoms with Gasteiger partial charge in [-0.25, -0.2) is 0 Å². The van der Waals surface area contributed by atoms with Crippen molar-refractivity contribution in [3.63, 3.8) is 0 Å². The molecule has 0 bridgehead atoms. The standard InChI is InChI=1S/2C11H10O6S2.Ca.Mg/c2*1-17-19(15,16)11-9-5-3-2-4-8(9)6-7-10(11)18(12,13)14;;/h2*2-7H,1H3,(H,12,13,14);;/q;;2*+2. The van der Waals surface area contributed by atoms with E-state index in [4.69, 9.17) is 9.11 Å². The molecule has 12 nitrogen and oxygen atoms in total. The number of hydrogen-bond donors (Lipinski definition) is 2. The normalized spacial score (nSPS) is 12.1. The summed E-state index contributed by atoms with van der Waals surface area (Å²) in [7, 11) is -16.1. The van der Waals surface area contributed by atoms with Crippen LogP contribution in [-0.2, 0) is 48.8 Å². The van der Waals surface area contributed by atoms with E-state index in [1.54, 1.807) is 36.4 Å². The van der Waals surface area contributed by atoms with Crippen molar-refractivity contribution in [2.45, 2.75) is 19.6 Å². The van der Waals surface area contributed by atoms with Crippen molar-refractivity contribution in [2.24, 2.45) is 0 Å². The first-order chi connectivity index (χ1) is 17.5. The summed E-state index contributed by atoms with van der Waals surface area (Å²) in [4.78, 5) is -2.52. The smallest absolute Gasteiger partial charge is 0.282 e. The fourth-order valence-corrected chi connectivity index (χ4v) is 7.82. The van der Waals surface area contributed by atoms with E-state index in [-0.39, 0.29) is 71.6 Å². The van der Waals surface area contributed by atoms with Gasteiger partial charge in [0.2, 0.25) is 0 Å². The molecule has 204 valence electrons. The number of benzene rings is 4. The molecule has 0 aliphatic heterocycles. The minimum Gasteiger partial charge on any atom is -0.282 e. The molecule has 0 heterocycles. The zero-order valence-corrected chi connectivity index (χ0v) is 27.8. The van der Waals surface area contributed by atoms with E-state index in [0.717, 1.165) is 26.4 Å². The molecule has 0 radical (unpaired) electrons. The molecule has 18 heteroatoms. The van der Waals surface area contributed by atoms with Crippen molar-refractivity contribution in [3.05, 3.63) is 72.8 Å². The van der Waals surface area contributed by atoms with Gasteiger partial charge in [0, 0.05) is 10.8 Å². The third kappa shape index (κ3) is 8.12. The van der Waals surface area contributed by atoms with Crippen molar-refractivity contribution >= 4 is 123 Å². The predicted octanol–water partition coefficient (Wildman–Crippen LogP) is 2.08. The summed E-state index contributed by atoms with van der Waals surface area (Å²) >= 11 is 0. The molecule has 0 amide bonds. The molecule has 4 aromatic carbocycles. The number of fused-ring (bicyclic) bond motifs is 2. The maximum absolute atomic E-state index is 11.9. The Balaban J connectivity index is 0.000000381. The molecule has 0 aliphatic carbocycles. The summed E-state index contributed by atoms with van der Waals surface area (Å²) < 4.78 is 120. The number of rotatable bonds is 6. The second kappa shape index (κ2) is 14.0. The van der Waals surface area contributed by atoms with E-state index >= 15 is 0 Å². The van der Waals surface area contributed by atoms with E-state index in [0.29, 0.717) is 10.8 Å². The van der Waals surface area contributed by atoms with Crippen LogP contribution in [0.3, 0.4) is 0 Å². The zero-order chi connectivity index (χ0) is 28.5. The molecule has 4 aromatic rings. The second-order valence-corrected chi connectivity index (χ2v) is 13.5. The summed E-state index contributed by atoms with van der Waals surface area (Å²) in [6.45, 7) is 0. The molecule has 0 unspecified atom stereocenters. The molecule has 2 N–H and O–H groups in total. The molecule has 0 fully saturated rings. The quantitative estimate of drug-likeness (QED) is 0.173. The topological polar surface area (TPSA) is 195 Å². The largest absolute Gasteiger partial charge is 2.00 e. The van der Waals surface area contributed by atoms with Crippen LogP contribution in [0.1, 0.15) is 0 Å². The van der Waals surface area contributed by atoms with E-state index in [1.165, 1.54) is 24.3 Å². The van der Waals surface area contributed by atoms with Gasteiger partial charge in [-0.1, -0.05) is 60.7 Å². The first-order valence-electron chi connectivity index (χ1n) is 10.1. The fourth-order valence-electron chi connectivity index (χ4n) is 3.53. The minimum atomic E-state index is -4.68. The second-order valence-electron chi connectivity index (χ2n) is 7.42. The van der Waals surface area contributed by atoms with Gasteiger partial charge in [0.1, 0.15) is 19.6 Å². The Morgan fingerprint density at radius 3 is 1.10 bits per heavy atom. The van der Waals surface area contributed by atoms with Crippen LogP contribution in [-0.4, -0.2) is 118 Å². The molecule has 0 aliphatic rings. The Morgan fingerprint density at radius 1 is 0.525 bits per heavy atom. The van der Waals surface area contributed by atoms with Crippen LogP contribution >= 0.6 is 0 Å². The third-order valence-corrected chi connectivity index (χ3v) is 9.99. The maximum atomic E-state index is 11.9. The van der Waals surface area contributed by atoms with Crippen molar-refractivity contribution < 1.29 is 51.1 Å². The Labute approximate surface area is 277 Å². The molecule has 0 spiro atoms. The van der Waals surface area contributed by atoms with Gasteiger partial charge in [0.05, 0.1) is 14.2 Å². The molecule has 0 saturated carbocycles. The van der Waals surface area contributed by atoms with Gasteiger partial charge in [-0.3, -0.25) is 17.5 Å². The average Bonchev–Trinajstić information content (AvgIpc) is 2.86. The van der Waals surface area contributed by atoms with Crippen molar-refractivity contribution in [2.75, 3.05) is 14.2 Å². The van der Waals surface area contributed by atoms with Crippen LogP contribution in [0.15, 0.2) is 92.4 Å². The van der Waals surface area contributed by atoms with Crippen molar-refractivity contribution in [1.29, 1.82) is 0 Å². The summed E-state index contributed by atoms with van der Waals surface area (Å²) in [6.07, 6.45) is 0. The van der Waals surface area contributed by atoms with Gasteiger partial charge in [-0.05, 0) is 22.9 Å². The van der Waals surface area contributed by atoms with Gasteiger partial charge < -0.3 is 0 Å². The van der Waals surface area contributed by atoms with Crippen molar-refractivity contribution in [3.8, 4) is 0 Å². The molecule has 0 atom stereocenters. The monoisotopic (exact) mass is 668 g/mol. The van der Waals surface area contributed by atoms with Crippen LogP contribution < -0.4 is 0 Å². The van der Waals surface area contributed by atoms with E-state index < -0.39 is 60.1 Å². The van der Waals surface area contributed by atoms with Gasteiger partial charge in [0.15, 0.2) is 0 Å². The molecular weight excluding hydrogens is 649 g/mol. The fraction of sp³-hybridized carbons (Fsp3) is 0.0909. The first kappa shape index (κ1) is 37.1. The van der Waals surface area contributed by atoms with Gasteiger partial charge in [-0.2, -0.15) is 33.7 Å². The molecule has 40 heavy (non-hydrogen) atoms. The Hall–Kier alpha value is -0.934. The Kier molecular flexibility index (Phi) is 13.0. The van der Waals surface area contributed by atoms with Crippen LogP contribution in [0.25, 0.3) is 21.5 Å². The average molecular weight is 669 g/mol. The van der Waals surface area contributed by atoms with Gasteiger partial charge >= 0.3 is 60.8 Å². The molecular formula is C22H20CaMgO12S4+4. The van der Waals surface area contributed by atoms with E-state index in [2.05, 4.69) is 8.37 Å². The van der Waals surface area contributed by atoms with Crippen LogP contribution in [0.2, 0.25) is 0 Å². The zero-order valence-electron chi connectivity index (χ0n) is 21.0. The third-order valence-electron chi connectivity index (χ3n) is 5.18. The summed E-state index contributed by atoms with van der Waals surface area (Å²) in [5.74, 6) is 0. The Morgan fingerprint density at radius 2 is 0.825 bits per heavy atom. The van der Waals surface area contributed by atoms with Crippen LogP contribution in [0.4, 0.5) is 0 Å². The molecule has 0 aromatic heterocycles. The minimum absolute atomic E-state index is 0. The molecule has 4 rings (SSSR count). The predicted molar refractivity (Wildman–Crippen MR) is 147 cm³/mol. The maximum Gasteiger partial charge on any atom is 2.00 e. The summed E-state index contributed by atoms with van der Waals surface area (Å²) in [5.41, 5.74) is 0. The SMILES string of the molecule is COS(=O)(=O)c1c(S(=O)(=O)O)ccc2ccccc12.COS(=O)(=O)c1c(S(=O)(=O)O)ccc2ccccc12.[Ca+2].[Mg+2].